The number of carbonyl (C=O) groups is 1. The van der Waals surface area contributed by atoms with Crippen LogP contribution >= 0.6 is 15.9 Å². The maximum atomic E-state index is 12.7. The molecule has 1 aliphatic heterocycles. The highest BCUT2D eigenvalue weighted by Crippen LogP contribution is 2.27. The van der Waals surface area contributed by atoms with E-state index in [9.17, 15) is 4.79 Å². The zero-order chi connectivity index (χ0) is 20.1. The summed E-state index contributed by atoms with van der Waals surface area (Å²) in [6.07, 6.45) is 4.04. The van der Waals surface area contributed by atoms with Crippen LogP contribution in [0.25, 0.3) is 12.2 Å². The van der Waals surface area contributed by atoms with Gasteiger partial charge in [0, 0.05) is 10.0 Å². The number of aliphatic imine (C=N–C) groups is 1. The van der Waals surface area contributed by atoms with E-state index in [0.717, 1.165) is 21.2 Å². The highest BCUT2D eigenvalue weighted by Gasteiger charge is 2.19. The minimum absolute atomic E-state index is 0.169. The van der Waals surface area contributed by atoms with Crippen LogP contribution in [0.2, 0.25) is 0 Å². The molecular formula is C24H19BrN2O2. The molecule has 4 rings (SSSR count). The van der Waals surface area contributed by atoms with Gasteiger partial charge in [0.15, 0.2) is 0 Å². The van der Waals surface area contributed by atoms with Gasteiger partial charge in [-0.25, -0.2) is 4.99 Å². The monoisotopic (exact) mass is 446 g/mol. The fourth-order valence-electron chi connectivity index (χ4n) is 3.11. The van der Waals surface area contributed by atoms with E-state index < -0.39 is 0 Å². The predicted molar refractivity (Wildman–Crippen MR) is 121 cm³/mol. The fraction of sp³-hybridized carbons (Fsp3) is 0.0833. The molecule has 3 aromatic rings. The first-order valence-electron chi connectivity index (χ1n) is 9.32. The first kappa shape index (κ1) is 19.2. The molecule has 0 saturated carbocycles. The highest BCUT2D eigenvalue weighted by molar-refractivity contribution is 9.10. The van der Waals surface area contributed by atoms with Crippen molar-refractivity contribution in [3.63, 3.8) is 0 Å². The zero-order valence-electron chi connectivity index (χ0n) is 15.6. The Bertz CT molecular complexity index is 1090. The smallest absolute Gasteiger partial charge is 0.255 e. The third-order valence-corrected chi connectivity index (χ3v) is 5.25. The summed E-state index contributed by atoms with van der Waals surface area (Å²) in [5.41, 5.74) is 4.05. The summed E-state index contributed by atoms with van der Waals surface area (Å²) in [4.78, 5) is 17.2. The molecule has 5 heteroatoms. The van der Waals surface area contributed by atoms with E-state index in [1.807, 2.05) is 72.8 Å². The van der Waals surface area contributed by atoms with Crippen molar-refractivity contribution in [3.8, 4) is 0 Å². The van der Waals surface area contributed by atoms with Crippen molar-refractivity contribution in [2.24, 2.45) is 4.99 Å². The maximum absolute atomic E-state index is 12.7. The van der Waals surface area contributed by atoms with Crippen LogP contribution in [0.3, 0.4) is 0 Å². The first-order valence-corrected chi connectivity index (χ1v) is 10.1. The molecule has 4 nitrogen and oxygen atoms in total. The third kappa shape index (κ3) is 4.46. The second kappa shape index (κ2) is 8.88. The summed E-state index contributed by atoms with van der Waals surface area (Å²) in [7, 11) is 0. The quantitative estimate of drug-likeness (QED) is 0.514. The van der Waals surface area contributed by atoms with Crippen LogP contribution in [-0.2, 0) is 4.74 Å². The van der Waals surface area contributed by atoms with Crippen LogP contribution in [0.15, 0.2) is 82.3 Å². The molecule has 3 aromatic carbocycles. The van der Waals surface area contributed by atoms with Crippen molar-refractivity contribution in [2.45, 2.75) is 0 Å². The summed E-state index contributed by atoms with van der Waals surface area (Å²) in [5.74, 6) is 0.387. The van der Waals surface area contributed by atoms with E-state index in [2.05, 4.69) is 26.2 Å². The number of rotatable bonds is 5. The molecule has 0 radical (unpaired) electrons. The molecule has 1 amide bonds. The van der Waals surface area contributed by atoms with Gasteiger partial charge in [0.05, 0.1) is 17.8 Å². The fourth-order valence-corrected chi connectivity index (χ4v) is 3.53. The molecule has 1 aliphatic rings. The molecule has 29 heavy (non-hydrogen) atoms. The Kier molecular flexibility index (Phi) is 5.86. The van der Waals surface area contributed by atoms with Crippen LogP contribution in [0.1, 0.15) is 27.0 Å². The van der Waals surface area contributed by atoms with Crippen molar-refractivity contribution in [2.75, 3.05) is 18.5 Å². The number of amides is 1. The second-order valence-corrected chi connectivity index (χ2v) is 7.33. The van der Waals surface area contributed by atoms with Crippen molar-refractivity contribution in [1.82, 2.24) is 0 Å². The predicted octanol–water partition coefficient (Wildman–Crippen LogP) is 5.65. The lowest BCUT2D eigenvalue weighted by molar-refractivity contribution is 0.102. The Morgan fingerprint density at radius 3 is 2.41 bits per heavy atom. The third-order valence-electron chi connectivity index (χ3n) is 4.53. The van der Waals surface area contributed by atoms with Crippen molar-refractivity contribution in [1.29, 1.82) is 0 Å². The van der Waals surface area contributed by atoms with Gasteiger partial charge in [0.2, 0.25) is 5.90 Å². The standard InChI is InChI=1S/C24H19BrN2O2/c25-20-11-5-4-7-17(20)13-14-18-10-6-12-21(22(18)24-26-15-16-29-24)27-23(28)19-8-2-1-3-9-19/h1-14H,15-16H2,(H,27,28)/b14-13+. The minimum atomic E-state index is -0.169. The average Bonchev–Trinajstić information content (AvgIpc) is 3.28. The van der Waals surface area contributed by atoms with E-state index >= 15 is 0 Å². The van der Waals surface area contributed by atoms with E-state index in [1.165, 1.54) is 0 Å². The number of hydrogen-bond acceptors (Lipinski definition) is 3. The van der Waals surface area contributed by atoms with Crippen molar-refractivity contribution < 1.29 is 9.53 Å². The number of ether oxygens (including phenoxy) is 1. The van der Waals surface area contributed by atoms with Gasteiger partial charge >= 0.3 is 0 Å². The summed E-state index contributed by atoms with van der Waals surface area (Å²) in [6, 6.07) is 22.9. The topological polar surface area (TPSA) is 50.7 Å². The van der Waals surface area contributed by atoms with E-state index in [-0.39, 0.29) is 5.91 Å². The largest absolute Gasteiger partial charge is 0.475 e. The maximum Gasteiger partial charge on any atom is 0.255 e. The Morgan fingerprint density at radius 1 is 0.931 bits per heavy atom. The number of benzene rings is 3. The molecule has 0 fully saturated rings. The van der Waals surface area contributed by atoms with Gasteiger partial charge in [-0.15, -0.1) is 0 Å². The molecular weight excluding hydrogens is 428 g/mol. The summed E-state index contributed by atoms with van der Waals surface area (Å²) < 4.78 is 6.75. The number of halogens is 1. The Hall–Kier alpha value is -3.18. The number of nitrogens with zero attached hydrogens (tertiary/aromatic N) is 1. The van der Waals surface area contributed by atoms with Crippen LogP contribution in [0, 0.1) is 0 Å². The van der Waals surface area contributed by atoms with Gasteiger partial charge in [-0.3, -0.25) is 4.79 Å². The molecule has 0 atom stereocenters. The lowest BCUT2D eigenvalue weighted by Gasteiger charge is -2.14. The summed E-state index contributed by atoms with van der Waals surface area (Å²) >= 11 is 3.57. The second-order valence-electron chi connectivity index (χ2n) is 6.48. The molecule has 0 aliphatic carbocycles. The van der Waals surface area contributed by atoms with Crippen molar-refractivity contribution in [3.05, 3.63) is 99.5 Å². The van der Waals surface area contributed by atoms with E-state index in [0.29, 0.717) is 30.3 Å². The molecule has 144 valence electrons. The van der Waals surface area contributed by atoms with Gasteiger partial charge < -0.3 is 10.1 Å². The van der Waals surface area contributed by atoms with Gasteiger partial charge in [0.1, 0.15) is 6.61 Å². The Balaban J connectivity index is 1.71. The van der Waals surface area contributed by atoms with Gasteiger partial charge in [0.25, 0.3) is 5.91 Å². The Labute approximate surface area is 178 Å². The lowest BCUT2D eigenvalue weighted by atomic mass is 10.0. The number of carbonyl (C=O) groups excluding carboxylic acids is 1. The first-order chi connectivity index (χ1) is 14.2. The molecule has 0 bridgehead atoms. The lowest BCUT2D eigenvalue weighted by Crippen LogP contribution is -2.16. The normalized spacial score (nSPS) is 13.2. The summed E-state index contributed by atoms with van der Waals surface area (Å²) in [6.45, 7) is 1.16. The SMILES string of the molecule is O=C(Nc1cccc(/C=C/c2ccccc2Br)c1C1=NCCO1)c1ccccc1. The van der Waals surface area contributed by atoms with Crippen LogP contribution in [0.5, 0.6) is 0 Å². The zero-order valence-corrected chi connectivity index (χ0v) is 17.2. The van der Waals surface area contributed by atoms with Gasteiger partial charge in [-0.05, 0) is 35.4 Å². The molecule has 0 aromatic heterocycles. The van der Waals surface area contributed by atoms with E-state index in [1.54, 1.807) is 12.1 Å². The minimum Gasteiger partial charge on any atom is -0.475 e. The van der Waals surface area contributed by atoms with E-state index in [4.69, 9.17) is 4.74 Å². The molecule has 0 saturated heterocycles. The molecule has 1 heterocycles. The number of nitrogens with one attached hydrogen (secondary N) is 1. The van der Waals surface area contributed by atoms with Gasteiger partial charge in [-0.1, -0.05) is 76.6 Å². The highest BCUT2D eigenvalue weighted by atomic mass is 79.9. The average molecular weight is 447 g/mol. The Morgan fingerprint density at radius 2 is 1.66 bits per heavy atom. The molecule has 0 unspecified atom stereocenters. The number of anilines is 1. The summed E-state index contributed by atoms with van der Waals surface area (Å²) in [5, 5.41) is 3.01. The van der Waals surface area contributed by atoms with Crippen LogP contribution in [-0.4, -0.2) is 25.0 Å². The van der Waals surface area contributed by atoms with Gasteiger partial charge in [-0.2, -0.15) is 0 Å². The molecule has 1 N–H and O–H groups in total. The molecule has 0 spiro atoms. The van der Waals surface area contributed by atoms with Crippen molar-refractivity contribution >= 4 is 45.6 Å². The van der Waals surface area contributed by atoms with Crippen LogP contribution in [0.4, 0.5) is 5.69 Å². The number of hydrogen-bond donors (Lipinski definition) is 1. The van der Waals surface area contributed by atoms with Crippen LogP contribution < -0.4 is 5.32 Å².